The van der Waals surface area contributed by atoms with Gasteiger partial charge in [-0.3, -0.25) is 0 Å². The number of hydrogen-bond donors (Lipinski definition) is 1. The van der Waals surface area contributed by atoms with Crippen molar-refractivity contribution in [3.05, 3.63) is 36.0 Å². The number of aromatic amines is 1. The Hall–Kier alpha value is -1.24. The lowest BCUT2D eigenvalue weighted by atomic mass is 9.49. The summed E-state index contributed by atoms with van der Waals surface area (Å²) >= 11 is 0. The van der Waals surface area contributed by atoms with Crippen LogP contribution in [0.15, 0.2) is 30.3 Å². The molecule has 6 rings (SSSR count). The van der Waals surface area contributed by atoms with Gasteiger partial charge >= 0.3 is 0 Å². The van der Waals surface area contributed by atoms with Crippen molar-refractivity contribution < 1.29 is 0 Å². The van der Waals surface area contributed by atoms with Crippen molar-refractivity contribution >= 4 is 10.9 Å². The predicted molar refractivity (Wildman–Crippen MR) is 78.1 cm³/mol. The normalized spacial score (nSPS) is 40.1. The van der Waals surface area contributed by atoms with Crippen molar-refractivity contribution in [1.29, 1.82) is 0 Å². The Balaban J connectivity index is 1.64. The molecule has 1 N–H and O–H groups in total. The summed E-state index contributed by atoms with van der Waals surface area (Å²) in [4.78, 5) is 3.75. The minimum absolute atomic E-state index is 0.508. The van der Waals surface area contributed by atoms with Crippen LogP contribution in [0.2, 0.25) is 0 Å². The van der Waals surface area contributed by atoms with Crippen LogP contribution < -0.4 is 0 Å². The van der Waals surface area contributed by atoms with Crippen molar-refractivity contribution in [3.8, 4) is 0 Å². The van der Waals surface area contributed by atoms with Crippen LogP contribution in [0.1, 0.15) is 44.2 Å². The molecular formula is C18H21N. The van der Waals surface area contributed by atoms with Crippen molar-refractivity contribution in [2.75, 3.05) is 0 Å². The van der Waals surface area contributed by atoms with Gasteiger partial charge in [0.05, 0.1) is 0 Å². The molecule has 0 spiro atoms. The molecule has 1 aromatic carbocycles. The average Bonchev–Trinajstić information content (AvgIpc) is 2.81. The van der Waals surface area contributed by atoms with Gasteiger partial charge in [-0.15, -0.1) is 0 Å². The fourth-order valence-electron chi connectivity index (χ4n) is 5.80. The van der Waals surface area contributed by atoms with Gasteiger partial charge in [0.1, 0.15) is 0 Å². The molecule has 1 aromatic heterocycles. The van der Waals surface area contributed by atoms with Gasteiger partial charge in [-0.2, -0.15) is 0 Å². The van der Waals surface area contributed by atoms with Gasteiger partial charge < -0.3 is 4.98 Å². The standard InChI is InChI=1S/C18H21N/c1-2-4-16-15(3-1)8-17(19-16)18-9-12-5-13(10-18)7-14(6-12)11-18/h1-4,8,12-14,19H,5-7,9-11H2. The van der Waals surface area contributed by atoms with Crippen LogP contribution in [0.5, 0.6) is 0 Å². The highest BCUT2D eigenvalue weighted by atomic mass is 14.8. The van der Waals surface area contributed by atoms with Gasteiger partial charge in [-0.25, -0.2) is 0 Å². The lowest BCUT2D eigenvalue weighted by Crippen LogP contribution is -2.48. The van der Waals surface area contributed by atoms with Gasteiger partial charge in [-0.1, -0.05) is 18.2 Å². The summed E-state index contributed by atoms with van der Waals surface area (Å²) in [5.41, 5.74) is 3.38. The SMILES string of the molecule is c1ccc2[nH]c(C34CC5CC(CC(C5)C3)C4)cc2c1. The van der Waals surface area contributed by atoms with E-state index >= 15 is 0 Å². The summed E-state index contributed by atoms with van der Waals surface area (Å²) in [6.45, 7) is 0. The second kappa shape index (κ2) is 3.45. The highest BCUT2D eigenvalue weighted by Gasteiger charge is 2.52. The molecule has 1 heterocycles. The maximum atomic E-state index is 3.75. The minimum Gasteiger partial charge on any atom is -0.358 e. The monoisotopic (exact) mass is 251 g/mol. The first-order valence-electron chi connectivity index (χ1n) is 7.89. The van der Waals surface area contributed by atoms with E-state index in [-0.39, 0.29) is 0 Å². The molecule has 98 valence electrons. The molecule has 4 saturated carbocycles. The summed E-state index contributed by atoms with van der Waals surface area (Å²) in [5.74, 6) is 3.08. The maximum Gasteiger partial charge on any atom is 0.0456 e. The number of nitrogens with one attached hydrogen (secondary N) is 1. The molecule has 2 aromatic rings. The van der Waals surface area contributed by atoms with Crippen molar-refractivity contribution in [1.82, 2.24) is 4.98 Å². The van der Waals surface area contributed by atoms with Gasteiger partial charge in [-0.05, 0) is 73.8 Å². The molecule has 0 saturated heterocycles. The van der Waals surface area contributed by atoms with Crippen LogP contribution in [0.3, 0.4) is 0 Å². The van der Waals surface area contributed by atoms with Gasteiger partial charge in [0.15, 0.2) is 0 Å². The Kier molecular flexibility index (Phi) is 1.91. The van der Waals surface area contributed by atoms with Crippen molar-refractivity contribution in [3.63, 3.8) is 0 Å². The first-order valence-corrected chi connectivity index (χ1v) is 7.89. The molecule has 0 radical (unpaired) electrons. The Morgan fingerprint density at radius 1 is 0.895 bits per heavy atom. The summed E-state index contributed by atoms with van der Waals surface area (Å²) in [6, 6.07) is 11.2. The lowest BCUT2D eigenvalue weighted by molar-refractivity contribution is -0.00686. The minimum atomic E-state index is 0.508. The van der Waals surface area contributed by atoms with E-state index in [2.05, 4.69) is 35.3 Å². The first-order chi connectivity index (χ1) is 9.31. The van der Waals surface area contributed by atoms with Crippen molar-refractivity contribution in [2.24, 2.45) is 17.8 Å². The molecule has 4 fully saturated rings. The van der Waals surface area contributed by atoms with Crippen LogP contribution >= 0.6 is 0 Å². The van der Waals surface area contributed by atoms with Gasteiger partial charge in [0.25, 0.3) is 0 Å². The van der Waals surface area contributed by atoms with E-state index in [1.54, 1.807) is 5.69 Å². The van der Waals surface area contributed by atoms with E-state index in [4.69, 9.17) is 0 Å². The van der Waals surface area contributed by atoms with Crippen LogP contribution in [0.4, 0.5) is 0 Å². The van der Waals surface area contributed by atoms with Crippen LogP contribution in [-0.2, 0) is 5.41 Å². The molecule has 0 aliphatic heterocycles. The molecule has 4 bridgehead atoms. The quantitative estimate of drug-likeness (QED) is 0.760. The largest absolute Gasteiger partial charge is 0.358 e. The van der Waals surface area contributed by atoms with Gasteiger partial charge in [0.2, 0.25) is 0 Å². The fraction of sp³-hybridized carbons (Fsp3) is 0.556. The third-order valence-corrected chi connectivity index (χ3v) is 6.14. The molecule has 19 heavy (non-hydrogen) atoms. The molecule has 0 amide bonds. The van der Waals surface area contributed by atoms with E-state index in [9.17, 15) is 0 Å². The second-order valence-electron chi connectivity index (χ2n) is 7.47. The zero-order valence-electron chi connectivity index (χ0n) is 11.4. The third kappa shape index (κ3) is 1.42. The number of fused-ring (bicyclic) bond motifs is 1. The zero-order chi connectivity index (χ0) is 12.4. The second-order valence-corrected chi connectivity index (χ2v) is 7.47. The van der Waals surface area contributed by atoms with Crippen LogP contribution in [0.25, 0.3) is 10.9 Å². The zero-order valence-corrected chi connectivity index (χ0v) is 11.4. The number of hydrogen-bond acceptors (Lipinski definition) is 0. The highest BCUT2D eigenvalue weighted by molar-refractivity contribution is 5.80. The lowest BCUT2D eigenvalue weighted by Gasteiger charge is -2.56. The Bertz CT molecular complexity index is 568. The summed E-state index contributed by atoms with van der Waals surface area (Å²) < 4.78 is 0. The maximum absolute atomic E-state index is 3.75. The molecule has 1 nitrogen and oxygen atoms in total. The number of benzene rings is 1. The van der Waals surface area contributed by atoms with E-state index in [0.29, 0.717) is 5.41 Å². The van der Waals surface area contributed by atoms with Crippen molar-refractivity contribution in [2.45, 2.75) is 43.9 Å². The Morgan fingerprint density at radius 2 is 1.53 bits per heavy atom. The summed E-state index contributed by atoms with van der Waals surface area (Å²) in [6.07, 6.45) is 8.93. The molecule has 1 heteroatoms. The van der Waals surface area contributed by atoms with Gasteiger partial charge in [0, 0.05) is 16.6 Å². The van der Waals surface area contributed by atoms with E-state index < -0.39 is 0 Å². The number of aromatic nitrogens is 1. The van der Waals surface area contributed by atoms with E-state index in [1.807, 2.05) is 0 Å². The van der Waals surface area contributed by atoms with E-state index in [0.717, 1.165) is 17.8 Å². The predicted octanol–water partition coefficient (Wildman–Crippen LogP) is 4.64. The third-order valence-electron chi connectivity index (χ3n) is 6.14. The van der Waals surface area contributed by atoms with E-state index in [1.165, 1.54) is 49.4 Å². The smallest absolute Gasteiger partial charge is 0.0456 e. The Morgan fingerprint density at radius 3 is 2.16 bits per heavy atom. The topological polar surface area (TPSA) is 15.8 Å². The number of para-hydroxylation sites is 1. The fourth-order valence-corrected chi connectivity index (χ4v) is 5.80. The van der Waals surface area contributed by atoms with Crippen LogP contribution in [-0.4, -0.2) is 4.98 Å². The number of rotatable bonds is 1. The molecule has 0 atom stereocenters. The van der Waals surface area contributed by atoms with Crippen LogP contribution in [0, 0.1) is 17.8 Å². The Labute approximate surface area is 114 Å². The molecule has 0 unspecified atom stereocenters. The highest BCUT2D eigenvalue weighted by Crippen LogP contribution is 2.60. The summed E-state index contributed by atoms with van der Waals surface area (Å²) in [7, 11) is 0. The molecule has 4 aliphatic rings. The number of H-pyrrole nitrogens is 1. The first kappa shape index (κ1) is 10.5. The molecule has 4 aliphatic carbocycles. The summed E-state index contributed by atoms with van der Waals surface area (Å²) in [5, 5.41) is 1.40. The average molecular weight is 251 g/mol. The molecular weight excluding hydrogens is 230 g/mol.